The van der Waals surface area contributed by atoms with E-state index in [1.54, 1.807) is 0 Å². The van der Waals surface area contributed by atoms with Gasteiger partial charge in [0.05, 0.1) is 0 Å². The second kappa shape index (κ2) is 6.08. The first-order valence-electron chi connectivity index (χ1n) is 6.22. The molecule has 5 N–H and O–H groups in total. The molecular formula is C11H16N4O6. The van der Waals surface area contributed by atoms with Crippen molar-refractivity contribution in [3.63, 3.8) is 0 Å². The summed E-state index contributed by atoms with van der Waals surface area (Å²) in [6.45, 7) is -0.0491. The minimum absolute atomic E-state index is 0.0491. The number of aromatic amines is 1. The highest BCUT2D eigenvalue weighted by molar-refractivity contribution is 5.73. The van der Waals surface area contributed by atoms with E-state index in [1.165, 1.54) is 7.05 Å². The number of rotatable bonds is 3. The van der Waals surface area contributed by atoms with E-state index in [-0.39, 0.29) is 6.54 Å². The summed E-state index contributed by atoms with van der Waals surface area (Å²) in [5.74, 6) is 0. The molecule has 2 rings (SSSR count). The van der Waals surface area contributed by atoms with Gasteiger partial charge in [-0.2, -0.15) is 0 Å². The van der Waals surface area contributed by atoms with Crippen molar-refractivity contribution in [1.82, 2.24) is 20.2 Å². The van der Waals surface area contributed by atoms with Gasteiger partial charge in [-0.15, -0.1) is 0 Å². The Morgan fingerprint density at radius 1 is 1.43 bits per heavy atom. The molecule has 0 saturated carbocycles. The number of aliphatic hydroxyl groups excluding tert-OH is 2. The fraction of sp³-hybridized carbons (Fsp3) is 0.545. The standard InChI is InChI=1S/C11H16N4O6/c1-12-10(19)13-4-5-7(17)8(18)9(21-5)15-3-2-6(16)14-11(15)20/h2-3,5,7-9,17-18H,4H2,1H3,(H2,12,13,19)(H,14,16,20)/t5-,7?,8+,9-/m1/s1. The Morgan fingerprint density at radius 3 is 2.76 bits per heavy atom. The van der Waals surface area contributed by atoms with Gasteiger partial charge in [0.15, 0.2) is 6.23 Å². The maximum absolute atomic E-state index is 11.7. The van der Waals surface area contributed by atoms with E-state index >= 15 is 0 Å². The highest BCUT2D eigenvalue weighted by Crippen LogP contribution is 2.27. The molecule has 2 amide bonds. The average Bonchev–Trinajstić information content (AvgIpc) is 2.73. The first-order chi connectivity index (χ1) is 9.93. The Balaban J connectivity index is 2.14. The number of urea groups is 1. The largest absolute Gasteiger partial charge is 0.387 e. The van der Waals surface area contributed by atoms with E-state index in [4.69, 9.17) is 4.74 Å². The summed E-state index contributed by atoms with van der Waals surface area (Å²) in [5, 5.41) is 24.6. The Morgan fingerprint density at radius 2 is 2.14 bits per heavy atom. The van der Waals surface area contributed by atoms with Crippen molar-refractivity contribution < 1.29 is 19.7 Å². The number of H-pyrrole nitrogens is 1. The minimum Gasteiger partial charge on any atom is -0.387 e. The molecule has 10 nitrogen and oxygen atoms in total. The molecule has 0 spiro atoms. The van der Waals surface area contributed by atoms with Crippen LogP contribution in [0.1, 0.15) is 6.23 Å². The van der Waals surface area contributed by atoms with Gasteiger partial charge in [-0.1, -0.05) is 0 Å². The fourth-order valence-electron chi connectivity index (χ4n) is 2.04. The van der Waals surface area contributed by atoms with Gasteiger partial charge in [-0.05, 0) is 0 Å². The average molecular weight is 300 g/mol. The molecule has 1 aliphatic heterocycles. The van der Waals surface area contributed by atoms with Crippen molar-refractivity contribution in [3.8, 4) is 0 Å². The highest BCUT2D eigenvalue weighted by atomic mass is 16.6. The number of hydrogen-bond acceptors (Lipinski definition) is 6. The Labute approximate surface area is 118 Å². The van der Waals surface area contributed by atoms with Crippen LogP contribution in [0, 0.1) is 0 Å². The Kier molecular flexibility index (Phi) is 4.40. The summed E-state index contributed by atoms with van der Waals surface area (Å²) in [4.78, 5) is 35.8. The zero-order valence-corrected chi connectivity index (χ0v) is 11.1. The van der Waals surface area contributed by atoms with Crippen LogP contribution in [0.25, 0.3) is 0 Å². The van der Waals surface area contributed by atoms with Crippen LogP contribution in [0.2, 0.25) is 0 Å². The van der Waals surface area contributed by atoms with E-state index < -0.39 is 41.8 Å². The molecule has 4 atom stereocenters. The van der Waals surface area contributed by atoms with Crippen LogP contribution < -0.4 is 21.9 Å². The number of carbonyl (C=O) groups excluding carboxylic acids is 1. The summed E-state index contributed by atoms with van der Waals surface area (Å²) < 4.78 is 6.35. The van der Waals surface area contributed by atoms with Gasteiger partial charge in [0.25, 0.3) is 5.56 Å². The van der Waals surface area contributed by atoms with Gasteiger partial charge in [0.2, 0.25) is 0 Å². The van der Waals surface area contributed by atoms with Gasteiger partial charge in [0.1, 0.15) is 18.3 Å². The SMILES string of the molecule is CNC(=O)NC[C@H]1O[C@@H](n2ccc(=O)[nH]c2=O)[C@@H](O)C1O. The monoisotopic (exact) mass is 300 g/mol. The second-order valence-electron chi connectivity index (χ2n) is 4.52. The lowest BCUT2D eigenvalue weighted by atomic mass is 10.1. The lowest BCUT2D eigenvalue weighted by Crippen LogP contribution is -2.42. The van der Waals surface area contributed by atoms with Crippen LogP contribution in [0.4, 0.5) is 4.79 Å². The normalized spacial score (nSPS) is 28.3. The third kappa shape index (κ3) is 3.12. The molecule has 0 bridgehead atoms. The molecule has 10 heteroatoms. The summed E-state index contributed by atoms with van der Waals surface area (Å²) >= 11 is 0. The van der Waals surface area contributed by atoms with E-state index in [2.05, 4.69) is 10.6 Å². The lowest BCUT2D eigenvalue weighted by molar-refractivity contribution is -0.0385. The van der Waals surface area contributed by atoms with E-state index in [1.807, 2.05) is 4.98 Å². The van der Waals surface area contributed by atoms with Gasteiger partial charge < -0.3 is 25.6 Å². The molecule has 0 aliphatic carbocycles. The zero-order valence-electron chi connectivity index (χ0n) is 11.1. The molecular weight excluding hydrogens is 284 g/mol. The van der Waals surface area contributed by atoms with Gasteiger partial charge >= 0.3 is 11.7 Å². The molecule has 1 aromatic rings. The van der Waals surface area contributed by atoms with Crippen LogP contribution in [0.5, 0.6) is 0 Å². The fourth-order valence-corrected chi connectivity index (χ4v) is 2.04. The molecule has 0 aromatic carbocycles. The number of nitrogens with one attached hydrogen (secondary N) is 3. The van der Waals surface area contributed by atoms with Crippen molar-refractivity contribution in [2.75, 3.05) is 13.6 Å². The van der Waals surface area contributed by atoms with Crippen molar-refractivity contribution in [2.24, 2.45) is 0 Å². The molecule has 0 radical (unpaired) electrons. The topological polar surface area (TPSA) is 146 Å². The maximum atomic E-state index is 11.7. The third-order valence-corrected chi connectivity index (χ3v) is 3.15. The molecule has 1 aromatic heterocycles. The maximum Gasteiger partial charge on any atom is 0.330 e. The van der Waals surface area contributed by atoms with Crippen LogP contribution in [0.15, 0.2) is 21.9 Å². The van der Waals surface area contributed by atoms with Crippen molar-refractivity contribution in [2.45, 2.75) is 24.5 Å². The molecule has 116 valence electrons. The van der Waals surface area contributed by atoms with Crippen LogP contribution in [-0.4, -0.2) is 57.7 Å². The number of hydrogen-bond donors (Lipinski definition) is 5. The first-order valence-corrected chi connectivity index (χ1v) is 6.22. The van der Waals surface area contributed by atoms with Gasteiger partial charge in [0, 0.05) is 25.9 Å². The molecule has 1 unspecified atom stereocenters. The summed E-state index contributed by atoms with van der Waals surface area (Å²) in [7, 11) is 1.43. The van der Waals surface area contributed by atoms with E-state index in [0.29, 0.717) is 0 Å². The van der Waals surface area contributed by atoms with Crippen LogP contribution in [-0.2, 0) is 4.74 Å². The summed E-state index contributed by atoms with van der Waals surface area (Å²) in [6.07, 6.45) is -3.53. The Hall–Kier alpha value is -2.17. The highest BCUT2D eigenvalue weighted by Gasteiger charge is 2.44. The quantitative estimate of drug-likeness (QED) is 0.404. The third-order valence-electron chi connectivity index (χ3n) is 3.15. The van der Waals surface area contributed by atoms with Crippen molar-refractivity contribution >= 4 is 6.03 Å². The minimum atomic E-state index is -1.37. The van der Waals surface area contributed by atoms with Crippen molar-refractivity contribution in [1.29, 1.82) is 0 Å². The van der Waals surface area contributed by atoms with Gasteiger partial charge in [-0.25, -0.2) is 9.59 Å². The predicted molar refractivity (Wildman–Crippen MR) is 69.7 cm³/mol. The Bertz CT molecular complexity index is 626. The molecule has 21 heavy (non-hydrogen) atoms. The smallest absolute Gasteiger partial charge is 0.330 e. The first kappa shape index (κ1) is 15.2. The van der Waals surface area contributed by atoms with Crippen LogP contribution >= 0.6 is 0 Å². The number of nitrogens with zero attached hydrogens (tertiary/aromatic N) is 1. The van der Waals surface area contributed by atoms with E-state index in [9.17, 15) is 24.6 Å². The molecule has 1 saturated heterocycles. The van der Waals surface area contributed by atoms with Crippen molar-refractivity contribution in [3.05, 3.63) is 33.1 Å². The number of carbonyl (C=O) groups is 1. The van der Waals surface area contributed by atoms with Gasteiger partial charge in [-0.3, -0.25) is 14.3 Å². The number of aliphatic hydroxyl groups is 2. The molecule has 1 fully saturated rings. The van der Waals surface area contributed by atoms with Crippen LogP contribution in [0.3, 0.4) is 0 Å². The number of aromatic nitrogens is 2. The predicted octanol–water partition coefficient (Wildman–Crippen LogP) is -2.92. The zero-order chi connectivity index (χ0) is 15.6. The second-order valence-corrected chi connectivity index (χ2v) is 4.52. The summed E-state index contributed by atoms with van der Waals surface area (Å²) in [5.41, 5.74) is -1.35. The number of ether oxygens (including phenoxy) is 1. The summed E-state index contributed by atoms with van der Waals surface area (Å²) in [6, 6.07) is 0.630. The lowest BCUT2D eigenvalue weighted by Gasteiger charge is -2.16. The number of amides is 2. The molecule has 1 aliphatic rings. The molecule has 2 heterocycles. The van der Waals surface area contributed by atoms with E-state index in [0.717, 1.165) is 16.8 Å².